The van der Waals surface area contributed by atoms with Gasteiger partial charge in [-0.1, -0.05) is 36.4 Å². The summed E-state index contributed by atoms with van der Waals surface area (Å²) in [5.41, 5.74) is 3.23. The highest BCUT2D eigenvalue weighted by Gasteiger charge is 2.25. The van der Waals surface area contributed by atoms with E-state index in [1.165, 1.54) is 0 Å². The van der Waals surface area contributed by atoms with Crippen LogP contribution in [0.25, 0.3) is 11.1 Å². The maximum atomic E-state index is 12.4. The molecule has 0 radical (unpaired) electrons. The van der Waals surface area contributed by atoms with Gasteiger partial charge in [-0.25, -0.2) is 4.79 Å². The Hall–Kier alpha value is -4.39. The lowest BCUT2D eigenvalue weighted by molar-refractivity contribution is -0.143. The summed E-state index contributed by atoms with van der Waals surface area (Å²) in [4.78, 5) is 37.2. The number of hydrogen-bond acceptors (Lipinski definition) is 6. The molecular weight excluding hydrogens is 542 g/mol. The monoisotopic (exact) mass is 585 g/mol. The number of nitrogens with one attached hydrogen (secondary N) is 1. The van der Waals surface area contributed by atoms with Gasteiger partial charge < -0.3 is 14.2 Å². The number of hydrogen-bond donors (Lipinski definition) is 1. The molecule has 0 spiro atoms. The van der Waals surface area contributed by atoms with Crippen LogP contribution in [0.3, 0.4) is 0 Å². The van der Waals surface area contributed by atoms with Gasteiger partial charge in [0, 0.05) is 5.69 Å². The second-order valence-corrected chi connectivity index (χ2v) is 13.5. The Morgan fingerprint density at radius 3 is 1.44 bits per heavy atom. The van der Waals surface area contributed by atoms with Gasteiger partial charge >= 0.3 is 18.0 Å². The first kappa shape index (κ1) is 33.1. The van der Waals surface area contributed by atoms with Gasteiger partial charge in [0.05, 0.1) is 10.8 Å². The third-order valence-corrected chi connectivity index (χ3v) is 6.25. The summed E-state index contributed by atoms with van der Waals surface area (Å²) in [6.45, 7) is 18.3. The van der Waals surface area contributed by atoms with Crippen molar-refractivity contribution in [3.05, 3.63) is 89.5 Å². The number of ether oxygens (including phenoxy) is 3. The van der Waals surface area contributed by atoms with Crippen molar-refractivity contribution in [3.8, 4) is 11.5 Å². The van der Waals surface area contributed by atoms with Crippen molar-refractivity contribution in [2.45, 2.75) is 74.8 Å². The molecule has 3 aromatic rings. The van der Waals surface area contributed by atoms with Gasteiger partial charge in [0.25, 0.3) is 0 Å². The summed E-state index contributed by atoms with van der Waals surface area (Å²) in [7, 11) is 0. The molecule has 228 valence electrons. The van der Waals surface area contributed by atoms with E-state index in [2.05, 4.69) is 5.32 Å². The maximum absolute atomic E-state index is 12.4. The fraction of sp³-hybridized carbons (Fsp3) is 0.361. The van der Waals surface area contributed by atoms with E-state index in [1.54, 1.807) is 30.3 Å². The molecule has 0 unspecified atom stereocenters. The number of benzene rings is 3. The average molecular weight is 586 g/mol. The second-order valence-electron chi connectivity index (χ2n) is 13.5. The molecule has 3 rings (SSSR count). The van der Waals surface area contributed by atoms with Crippen molar-refractivity contribution in [1.29, 1.82) is 0 Å². The molecule has 1 N–H and O–H groups in total. The highest BCUT2D eigenvalue weighted by Crippen LogP contribution is 2.35. The minimum atomic E-state index is -0.628. The average Bonchev–Trinajstić information content (AvgIpc) is 2.88. The molecular formula is C36H43NO6. The van der Waals surface area contributed by atoms with Gasteiger partial charge in [0.1, 0.15) is 17.1 Å². The quantitative estimate of drug-likeness (QED) is 0.176. The lowest BCUT2D eigenvalue weighted by Crippen LogP contribution is -2.27. The van der Waals surface area contributed by atoms with Crippen LogP contribution < -0.4 is 14.8 Å². The zero-order valence-electron chi connectivity index (χ0n) is 26.9. The molecule has 7 nitrogen and oxygen atoms in total. The number of esters is 2. The van der Waals surface area contributed by atoms with Crippen LogP contribution in [0.1, 0.15) is 85.9 Å². The van der Waals surface area contributed by atoms with E-state index in [0.29, 0.717) is 17.2 Å². The molecule has 0 heterocycles. The fourth-order valence-electron chi connectivity index (χ4n) is 3.90. The van der Waals surface area contributed by atoms with Crippen molar-refractivity contribution in [2.24, 2.45) is 10.8 Å². The summed E-state index contributed by atoms with van der Waals surface area (Å²) in [5, 5.41) is 2.81. The number of rotatable bonds is 6. The number of carbonyl (C=O) groups excluding carboxylic acids is 3. The minimum Gasteiger partial charge on any atom is -0.444 e. The first-order valence-corrected chi connectivity index (χ1v) is 14.3. The zero-order valence-corrected chi connectivity index (χ0v) is 26.9. The Balaban J connectivity index is 2.04. The largest absolute Gasteiger partial charge is 0.444 e. The minimum absolute atomic E-state index is 0.318. The summed E-state index contributed by atoms with van der Waals surface area (Å²) in [5.74, 6) is 0.270. The second kappa shape index (κ2) is 12.9. The van der Waals surface area contributed by atoms with Crippen molar-refractivity contribution >= 4 is 34.9 Å². The van der Waals surface area contributed by atoms with Crippen LogP contribution in [-0.2, 0) is 14.3 Å². The molecule has 0 bridgehead atoms. The zero-order chi connectivity index (χ0) is 32.2. The smallest absolute Gasteiger partial charge is 0.412 e. The van der Waals surface area contributed by atoms with Gasteiger partial charge in [-0.15, -0.1) is 0 Å². The van der Waals surface area contributed by atoms with E-state index >= 15 is 0 Å². The Morgan fingerprint density at radius 1 is 0.605 bits per heavy atom. The van der Waals surface area contributed by atoms with Crippen LogP contribution in [-0.4, -0.2) is 23.6 Å². The normalized spacial score (nSPS) is 11.8. The van der Waals surface area contributed by atoms with Gasteiger partial charge in [0.2, 0.25) is 0 Å². The van der Waals surface area contributed by atoms with E-state index in [1.807, 2.05) is 112 Å². The topological polar surface area (TPSA) is 90.9 Å². The number of anilines is 1. The van der Waals surface area contributed by atoms with Crippen LogP contribution in [0.5, 0.6) is 11.5 Å². The maximum Gasteiger partial charge on any atom is 0.412 e. The van der Waals surface area contributed by atoms with E-state index in [4.69, 9.17) is 14.2 Å². The molecule has 0 saturated carbocycles. The summed E-state index contributed by atoms with van der Waals surface area (Å²) in [6, 6.07) is 22.2. The molecule has 3 aromatic carbocycles. The predicted octanol–water partition coefficient (Wildman–Crippen LogP) is 8.92. The van der Waals surface area contributed by atoms with E-state index in [0.717, 1.165) is 27.8 Å². The van der Waals surface area contributed by atoms with Crippen LogP contribution in [0.2, 0.25) is 0 Å². The molecule has 0 aliphatic heterocycles. The van der Waals surface area contributed by atoms with E-state index < -0.39 is 22.5 Å². The standard InChI is InChI=1S/C36H43NO6/c1-23(26-12-11-13-27(22-26)37-33(40)43-36(8,9)10)30(24-14-18-28(19-15-24)41-31(38)34(2,3)4)25-16-20-29(21-17-25)42-32(39)35(5,6)7/h11-22H,1-10H3,(H,37,40). The van der Waals surface area contributed by atoms with Crippen LogP contribution in [0.4, 0.5) is 10.5 Å². The predicted molar refractivity (Wildman–Crippen MR) is 171 cm³/mol. The fourth-order valence-corrected chi connectivity index (χ4v) is 3.90. The third-order valence-electron chi connectivity index (χ3n) is 6.25. The molecule has 0 aromatic heterocycles. The van der Waals surface area contributed by atoms with Crippen molar-refractivity contribution in [3.63, 3.8) is 0 Å². The number of carbonyl (C=O) groups is 3. The lowest BCUT2D eigenvalue weighted by atomic mass is 9.90. The molecule has 1 amide bonds. The number of allylic oxidation sites excluding steroid dienone is 1. The molecule has 0 fully saturated rings. The Labute approximate surface area is 255 Å². The molecule has 7 heteroatoms. The van der Waals surface area contributed by atoms with Crippen molar-refractivity contribution in [1.82, 2.24) is 0 Å². The van der Waals surface area contributed by atoms with Crippen LogP contribution >= 0.6 is 0 Å². The SMILES string of the molecule is CC(=C(c1ccc(OC(=O)C(C)(C)C)cc1)c1ccc(OC(=O)C(C)(C)C)cc1)c1cccc(NC(=O)OC(C)(C)C)c1. The van der Waals surface area contributed by atoms with Gasteiger partial charge in [-0.2, -0.15) is 0 Å². The molecule has 0 atom stereocenters. The highest BCUT2D eigenvalue weighted by molar-refractivity contribution is 5.99. The van der Waals surface area contributed by atoms with Crippen molar-refractivity contribution < 1.29 is 28.6 Å². The van der Waals surface area contributed by atoms with E-state index in [-0.39, 0.29) is 11.9 Å². The summed E-state index contributed by atoms with van der Waals surface area (Å²) in [6.07, 6.45) is -0.535. The first-order chi connectivity index (χ1) is 19.8. The van der Waals surface area contributed by atoms with E-state index in [9.17, 15) is 14.4 Å². The van der Waals surface area contributed by atoms with Crippen LogP contribution in [0, 0.1) is 10.8 Å². The summed E-state index contributed by atoms with van der Waals surface area (Å²) < 4.78 is 16.6. The molecule has 0 aliphatic carbocycles. The Bertz CT molecular complexity index is 1420. The highest BCUT2D eigenvalue weighted by atomic mass is 16.6. The summed E-state index contributed by atoms with van der Waals surface area (Å²) >= 11 is 0. The molecule has 0 aliphatic rings. The molecule has 0 saturated heterocycles. The van der Waals surface area contributed by atoms with Crippen molar-refractivity contribution in [2.75, 3.05) is 5.32 Å². The Morgan fingerprint density at radius 2 is 1.05 bits per heavy atom. The van der Waals surface area contributed by atoms with Crippen LogP contribution in [0.15, 0.2) is 72.8 Å². The van der Waals surface area contributed by atoms with Gasteiger partial charge in [0.15, 0.2) is 0 Å². The molecule has 43 heavy (non-hydrogen) atoms. The third kappa shape index (κ3) is 9.57. The number of amides is 1. The lowest BCUT2D eigenvalue weighted by Gasteiger charge is -2.20. The Kier molecular flexibility index (Phi) is 9.90. The van der Waals surface area contributed by atoms with Gasteiger partial charge in [-0.05, 0) is 133 Å². The first-order valence-electron chi connectivity index (χ1n) is 14.3. The van der Waals surface area contributed by atoms with Gasteiger partial charge in [-0.3, -0.25) is 14.9 Å².